The van der Waals surface area contributed by atoms with Gasteiger partial charge in [-0.15, -0.1) is 0 Å². The normalized spacial score (nSPS) is 10.6. The zero-order chi connectivity index (χ0) is 14.7. The van der Waals surface area contributed by atoms with Gasteiger partial charge < -0.3 is 9.26 Å². The molecule has 3 aromatic rings. The summed E-state index contributed by atoms with van der Waals surface area (Å²) in [5.41, 5.74) is 3.14. The molecule has 0 aliphatic heterocycles. The molecule has 0 saturated carbocycles. The average molecular weight is 280 g/mol. The molecule has 0 saturated heterocycles. The SMILES string of the molecule is COc1ccccc1Cc1noc(-c2cccc(C)c2)n1. The molecule has 0 atom stereocenters. The fourth-order valence-corrected chi connectivity index (χ4v) is 2.24. The maximum absolute atomic E-state index is 5.35. The molecule has 0 spiro atoms. The number of benzene rings is 2. The molecule has 0 unspecified atom stereocenters. The van der Waals surface area contributed by atoms with Gasteiger partial charge in [0.15, 0.2) is 5.82 Å². The summed E-state index contributed by atoms with van der Waals surface area (Å²) < 4.78 is 10.7. The highest BCUT2D eigenvalue weighted by Gasteiger charge is 2.11. The van der Waals surface area contributed by atoms with E-state index in [0.29, 0.717) is 18.1 Å². The van der Waals surface area contributed by atoms with Crippen LogP contribution in [0.5, 0.6) is 5.75 Å². The third kappa shape index (κ3) is 2.94. The number of para-hydroxylation sites is 1. The Labute approximate surface area is 123 Å². The second-order valence-electron chi connectivity index (χ2n) is 4.87. The van der Waals surface area contributed by atoms with E-state index in [1.165, 1.54) is 0 Å². The Bertz CT molecular complexity index is 750. The molecule has 2 aromatic carbocycles. The van der Waals surface area contributed by atoms with Crippen molar-refractivity contribution in [3.63, 3.8) is 0 Å². The Hall–Kier alpha value is -2.62. The van der Waals surface area contributed by atoms with E-state index in [1.54, 1.807) is 7.11 Å². The Morgan fingerprint density at radius 3 is 2.76 bits per heavy atom. The van der Waals surface area contributed by atoms with E-state index in [-0.39, 0.29) is 0 Å². The van der Waals surface area contributed by atoms with Crippen LogP contribution in [-0.4, -0.2) is 17.3 Å². The van der Waals surface area contributed by atoms with Crippen LogP contribution < -0.4 is 4.74 Å². The fraction of sp³-hybridized carbons (Fsp3) is 0.176. The van der Waals surface area contributed by atoms with Gasteiger partial charge in [0.2, 0.25) is 0 Å². The molecular formula is C17H16N2O2. The van der Waals surface area contributed by atoms with Crippen LogP contribution in [0.2, 0.25) is 0 Å². The van der Waals surface area contributed by atoms with Crippen molar-refractivity contribution in [2.75, 3.05) is 7.11 Å². The van der Waals surface area contributed by atoms with Gasteiger partial charge in [-0.05, 0) is 25.1 Å². The third-order valence-corrected chi connectivity index (χ3v) is 3.27. The van der Waals surface area contributed by atoms with Crippen molar-refractivity contribution in [3.8, 4) is 17.2 Å². The van der Waals surface area contributed by atoms with Crippen LogP contribution in [0.15, 0.2) is 53.1 Å². The molecule has 0 amide bonds. The van der Waals surface area contributed by atoms with Crippen LogP contribution in [0, 0.1) is 6.92 Å². The molecule has 0 aliphatic carbocycles. The number of hydrogen-bond donors (Lipinski definition) is 0. The number of rotatable bonds is 4. The van der Waals surface area contributed by atoms with Crippen molar-refractivity contribution in [1.82, 2.24) is 10.1 Å². The lowest BCUT2D eigenvalue weighted by atomic mass is 10.1. The van der Waals surface area contributed by atoms with Gasteiger partial charge in [0, 0.05) is 17.5 Å². The van der Waals surface area contributed by atoms with E-state index in [1.807, 2.05) is 55.5 Å². The van der Waals surface area contributed by atoms with Gasteiger partial charge in [-0.2, -0.15) is 4.98 Å². The zero-order valence-corrected chi connectivity index (χ0v) is 12.0. The molecule has 106 valence electrons. The fourth-order valence-electron chi connectivity index (χ4n) is 2.24. The highest BCUT2D eigenvalue weighted by molar-refractivity contribution is 5.54. The third-order valence-electron chi connectivity index (χ3n) is 3.27. The lowest BCUT2D eigenvalue weighted by molar-refractivity contribution is 0.408. The summed E-state index contributed by atoms with van der Waals surface area (Å²) >= 11 is 0. The van der Waals surface area contributed by atoms with Crippen molar-refractivity contribution in [1.29, 1.82) is 0 Å². The van der Waals surface area contributed by atoms with Crippen molar-refractivity contribution in [3.05, 3.63) is 65.5 Å². The van der Waals surface area contributed by atoms with E-state index in [4.69, 9.17) is 9.26 Å². The molecule has 0 bridgehead atoms. The van der Waals surface area contributed by atoms with Gasteiger partial charge in [0.25, 0.3) is 5.89 Å². The minimum atomic E-state index is 0.545. The molecule has 0 aliphatic rings. The first kappa shape index (κ1) is 13.4. The monoisotopic (exact) mass is 280 g/mol. The second-order valence-corrected chi connectivity index (χ2v) is 4.87. The molecule has 4 nitrogen and oxygen atoms in total. The summed E-state index contributed by atoms with van der Waals surface area (Å²) in [5.74, 6) is 2.03. The van der Waals surface area contributed by atoms with Gasteiger partial charge in [0.05, 0.1) is 7.11 Å². The van der Waals surface area contributed by atoms with Crippen LogP contribution in [0.1, 0.15) is 17.0 Å². The first-order valence-electron chi connectivity index (χ1n) is 6.78. The maximum atomic E-state index is 5.35. The van der Waals surface area contributed by atoms with Crippen LogP contribution in [0.4, 0.5) is 0 Å². The average Bonchev–Trinajstić information content (AvgIpc) is 2.96. The Morgan fingerprint density at radius 2 is 1.95 bits per heavy atom. The summed E-state index contributed by atoms with van der Waals surface area (Å²) in [6.07, 6.45) is 0.583. The second kappa shape index (κ2) is 5.79. The van der Waals surface area contributed by atoms with E-state index in [2.05, 4.69) is 10.1 Å². The van der Waals surface area contributed by atoms with Crippen molar-refractivity contribution >= 4 is 0 Å². The van der Waals surface area contributed by atoms with Gasteiger partial charge in [-0.25, -0.2) is 0 Å². The molecule has 0 fully saturated rings. The van der Waals surface area contributed by atoms with Crippen molar-refractivity contribution in [2.45, 2.75) is 13.3 Å². The quantitative estimate of drug-likeness (QED) is 0.732. The number of hydrogen-bond acceptors (Lipinski definition) is 4. The molecular weight excluding hydrogens is 264 g/mol. The maximum Gasteiger partial charge on any atom is 0.257 e. The summed E-state index contributed by atoms with van der Waals surface area (Å²) in [6.45, 7) is 2.04. The lowest BCUT2D eigenvalue weighted by Crippen LogP contribution is -1.95. The van der Waals surface area contributed by atoms with Crippen molar-refractivity contribution < 1.29 is 9.26 Å². The van der Waals surface area contributed by atoms with Crippen LogP contribution in [0.25, 0.3) is 11.5 Å². The number of aryl methyl sites for hydroxylation is 1. The highest BCUT2D eigenvalue weighted by Crippen LogP contribution is 2.22. The molecule has 0 N–H and O–H groups in total. The first-order valence-corrected chi connectivity index (χ1v) is 6.78. The topological polar surface area (TPSA) is 48.2 Å². The Balaban J connectivity index is 1.85. The molecule has 3 rings (SSSR count). The minimum Gasteiger partial charge on any atom is -0.496 e. The van der Waals surface area contributed by atoms with Crippen LogP contribution in [0.3, 0.4) is 0 Å². The van der Waals surface area contributed by atoms with Crippen LogP contribution >= 0.6 is 0 Å². The lowest BCUT2D eigenvalue weighted by Gasteiger charge is -2.05. The van der Waals surface area contributed by atoms with Gasteiger partial charge in [0.1, 0.15) is 5.75 Å². The standard InChI is InChI=1S/C17H16N2O2/c1-12-6-5-8-14(10-12)17-18-16(19-21-17)11-13-7-3-4-9-15(13)20-2/h3-10H,11H2,1-2H3. The number of nitrogens with zero attached hydrogens (tertiary/aromatic N) is 2. The van der Waals surface area contributed by atoms with Gasteiger partial charge in [-0.3, -0.25) is 0 Å². The predicted octanol–water partition coefficient (Wildman–Crippen LogP) is 3.64. The van der Waals surface area contributed by atoms with E-state index >= 15 is 0 Å². The smallest absolute Gasteiger partial charge is 0.257 e. The number of methoxy groups -OCH3 is 1. The zero-order valence-electron chi connectivity index (χ0n) is 12.0. The van der Waals surface area contributed by atoms with Gasteiger partial charge >= 0.3 is 0 Å². The van der Waals surface area contributed by atoms with Crippen LogP contribution in [-0.2, 0) is 6.42 Å². The molecule has 1 heterocycles. The number of ether oxygens (including phenoxy) is 1. The molecule has 21 heavy (non-hydrogen) atoms. The molecule has 1 aromatic heterocycles. The largest absolute Gasteiger partial charge is 0.496 e. The minimum absolute atomic E-state index is 0.545. The van der Waals surface area contributed by atoms with Gasteiger partial charge in [-0.1, -0.05) is 41.1 Å². The summed E-state index contributed by atoms with van der Waals surface area (Å²) in [5, 5.41) is 4.05. The predicted molar refractivity (Wildman–Crippen MR) is 80.3 cm³/mol. The highest BCUT2D eigenvalue weighted by atomic mass is 16.5. The number of aromatic nitrogens is 2. The van der Waals surface area contributed by atoms with E-state index in [9.17, 15) is 0 Å². The van der Waals surface area contributed by atoms with Crippen molar-refractivity contribution in [2.24, 2.45) is 0 Å². The summed E-state index contributed by atoms with van der Waals surface area (Å²) in [6, 6.07) is 15.9. The first-order chi connectivity index (χ1) is 10.3. The van der Waals surface area contributed by atoms with E-state index in [0.717, 1.165) is 22.4 Å². The summed E-state index contributed by atoms with van der Waals surface area (Å²) in [7, 11) is 1.66. The summed E-state index contributed by atoms with van der Waals surface area (Å²) in [4.78, 5) is 4.46. The van der Waals surface area contributed by atoms with E-state index < -0.39 is 0 Å². The Kier molecular flexibility index (Phi) is 3.69. The molecule has 0 radical (unpaired) electrons. The molecule has 4 heteroatoms. The Morgan fingerprint density at radius 1 is 1.10 bits per heavy atom.